The van der Waals surface area contributed by atoms with E-state index in [-0.39, 0.29) is 5.82 Å². The lowest BCUT2D eigenvalue weighted by Gasteiger charge is -2.33. The van der Waals surface area contributed by atoms with E-state index in [9.17, 15) is 4.39 Å². The Labute approximate surface area is 186 Å². The molecule has 0 aliphatic heterocycles. The number of hydrogen-bond donors (Lipinski definition) is 0. The molecule has 1 aromatic carbocycles. The molecule has 0 bridgehead atoms. The Morgan fingerprint density at radius 2 is 1.40 bits per heavy atom. The van der Waals surface area contributed by atoms with Gasteiger partial charge in [0.05, 0.1) is 0 Å². The molecule has 1 heteroatoms. The molecule has 0 spiro atoms. The number of unbranched alkanes of at least 4 members (excludes halogenated alkanes) is 4. The third-order valence-electron chi connectivity index (χ3n) is 8.36. The fourth-order valence-corrected chi connectivity index (χ4v) is 6.33. The van der Waals surface area contributed by atoms with Crippen LogP contribution in [0.25, 0.3) is 0 Å². The van der Waals surface area contributed by atoms with E-state index in [0.29, 0.717) is 0 Å². The van der Waals surface area contributed by atoms with E-state index in [1.807, 2.05) is 12.1 Å². The van der Waals surface area contributed by atoms with Crippen molar-refractivity contribution in [2.75, 3.05) is 0 Å². The Bertz CT molecular complexity index is 548. The Morgan fingerprint density at radius 1 is 0.767 bits per heavy atom. The van der Waals surface area contributed by atoms with Gasteiger partial charge in [0.2, 0.25) is 0 Å². The maximum Gasteiger partial charge on any atom is 0.123 e. The monoisotopic (exact) mass is 414 g/mol. The fourth-order valence-electron chi connectivity index (χ4n) is 6.33. The van der Waals surface area contributed by atoms with Crippen LogP contribution in [0.1, 0.15) is 122 Å². The van der Waals surface area contributed by atoms with Gasteiger partial charge in [-0.1, -0.05) is 122 Å². The summed E-state index contributed by atoms with van der Waals surface area (Å²) in [6, 6.07) is 7.35. The smallest absolute Gasteiger partial charge is 0.123 e. The molecule has 1 aromatic rings. The van der Waals surface area contributed by atoms with Crippen molar-refractivity contribution in [1.29, 1.82) is 0 Å². The summed E-state index contributed by atoms with van der Waals surface area (Å²) in [6.07, 6.45) is 25.7. The third-order valence-corrected chi connectivity index (χ3v) is 8.36. The first-order chi connectivity index (χ1) is 14.7. The maximum atomic E-state index is 13.3. The molecule has 3 rings (SSSR count). The van der Waals surface area contributed by atoms with E-state index in [0.717, 1.165) is 30.1 Å². The molecule has 2 fully saturated rings. The van der Waals surface area contributed by atoms with Gasteiger partial charge in [-0.15, -0.1) is 0 Å². The second-order valence-corrected chi connectivity index (χ2v) is 10.7. The van der Waals surface area contributed by atoms with E-state index in [2.05, 4.69) is 6.92 Å². The molecule has 2 aliphatic carbocycles. The summed E-state index contributed by atoms with van der Waals surface area (Å²) in [4.78, 5) is 0. The normalized spacial score (nSPS) is 24.1. The largest absolute Gasteiger partial charge is 0.207 e. The number of benzene rings is 1. The summed E-state index contributed by atoms with van der Waals surface area (Å²) in [7, 11) is 0. The number of halogens is 1. The highest BCUT2D eigenvalue weighted by Gasteiger charge is 2.26. The average Bonchev–Trinajstić information content (AvgIpc) is 2.79. The highest BCUT2D eigenvalue weighted by molar-refractivity contribution is 5.16. The van der Waals surface area contributed by atoms with Crippen LogP contribution in [0.15, 0.2) is 24.3 Å². The molecule has 2 aliphatic rings. The highest BCUT2D eigenvalue weighted by atomic mass is 19.1. The summed E-state index contributed by atoms with van der Waals surface area (Å²) < 4.78 is 13.3. The molecule has 0 N–H and O–H groups in total. The standard InChI is InChI=1S/C29H47F/c1-2-3-4-5-7-10-24-13-15-25(16-14-24)17-20-28(27-11-8-6-9-12-27)23-26-18-21-29(30)22-19-26/h18-19,21-22,24-25,27-28H,2-17,20,23H2,1H3. The lowest BCUT2D eigenvalue weighted by Crippen LogP contribution is -2.22. The molecule has 1 atom stereocenters. The molecule has 0 heterocycles. The highest BCUT2D eigenvalue weighted by Crippen LogP contribution is 2.39. The van der Waals surface area contributed by atoms with Crippen LogP contribution in [0.3, 0.4) is 0 Å². The van der Waals surface area contributed by atoms with Crippen molar-refractivity contribution in [3.8, 4) is 0 Å². The Morgan fingerprint density at radius 3 is 2.07 bits per heavy atom. The predicted octanol–water partition coefficient (Wildman–Crippen LogP) is 9.51. The molecular weight excluding hydrogens is 367 g/mol. The van der Waals surface area contributed by atoms with Gasteiger partial charge < -0.3 is 0 Å². The molecule has 30 heavy (non-hydrogen) atoms. The van der Waals surface area contributed by atoms with E-state index >= 15 is 0 Å². The van der Waals surface area contributed by atoms with Crippen LogP contribution in [-0.4, -0.2) is 0 Å². The Hall–Kier alpha value is -0.850. The zero-order valence-corrected chi connectivity index (χ0v) is 19.7. The second-order valence-electron chi connectivity index (χ2n) is 10.7. The topological polar surface area (TPSA) is 0 Å². The van der Waals surface area contributed by atoms with Crippen molar-refractivity contribution in [2.45, 2.75) is 122 Å². The molecule has 1 unspecified atom stereocenters. The maximum absolute atomic E-state index is 13.3. The third kappa shape index (κ3) is 8.35. The van der Waals surface area contributed by atoms with Gasteiger partial charge in [0.25, 0.3) is 0 Å². The van der Waals surface area contributed by atoms with E-state index in [1.54, 1.807) is 12.1 Å². The van der Waals surface area contributed by atoms with Crippen molar-refractivity contribution < 1.29 is 4.39 Å². The molecule has 0 radical (unpaired) electrons. The van der Waals surface area contributed by atoms with Crippen LogP contribution in [0.2, 0.25) is 0 Å². The SMILES string of the molecule is CCCCCCCC1CCC(CCC(Cc2ccc(F)cc2)C2CCCCC2)CC1. The van der Waals surface area contributed by atoms with Gasteiger partial charge in [0.15, 0.2) is 0 Å². The van der Waals surface area contributed by atoms with Gasteiger partial charge in [0.1, 0.15) is 5.82 Å². The zero-order chi connectivity index (χ0) is 21.0. The number of hydrogen-bond acceptors (Lipinski definition) is 0. The summed E-state index contributed by atoms with van der Waals surface area (Å²) >= 11 is 0. The van der Waals surface area contributed by atoms with Crippen LogP contribution in [0.4, 0.5) is 4.39 Å². The first-order valence-electron chi connectivity index (χ1n) is 13.5. The zero-order valence-electron chi connectivity index (χ0n) is 19.7. The van der Waals surface area contributed by atoms with Crippen LogP contribution in [0.5, 0.6) is 0 Å². The van der Waals surface area contributed by atoms with E-state index in [4.69, 9.17) is 0 Å². The summed E-state index contributed by atoms with van der Waals surface area (Å²) in [5.74, 6) is 3.61. The minimum Gasteiger partial charge on any atom is -0.207 e. The molecule has 0 saturated heterocycles. The van der Waals surface area contributed by atoms with Crippen molar-refractivity contribution in [1.82, 2.24) is 0 Å². The van der Waals surface area contributed by atoms with Gasteiger partial charge in [-0.05, 0) is 54.2 Å². The lowest BCUT2D eigenvalue weighted by molar-refractivity contribution is 0.196. The van der Waals surface area contributed by atoms with E-state index < -0.39 is 0 Å². The van der Waals surface area contributed by atoms with Crippen molar-refractivity contribution in [2.24, 2.45) is 23.7 Å². The van der Waals surface area contributed by atoms with Crippen molar-refractivity contribution in [3.05, 3.63) is 35.6 Å². The minimum atomic E-state index is -0.102. The lowest BCUT2D eigenvalue weighted by atomic mass is 9.72. The van der Waals surface area contributed by atoms with Crippen LogP contribution in [0, 0.1) is 29.5 Å². The molecule has 170 valence electrons. The summed E-state index contributed by atoms with van der Waals surface area (Å²) in [6.45, 7) is 2.31. The van der Waals surface area contributed by atoms with Crippen LogP contribution >= 0.6 is 0 Å². The van der Waals surface area contributed by atoms with Gasteiger partial charge in [0, 0.05) is 0 Å². The Kier molecular flexibility index (Phi) is 10.7. The fraction of sp³-hybridized carbons (Fsp3) is 0.793. The van der Waals surface area contributed by atoms with Crippen LogP contribution in [-0.2, 0) is 6.42 Å². The molecule has 0 nitrogen and oxygen atoms in total. The molecular formula is C29H47F. The number of rotatable bonds is 12. The summed E-state index contributed by atoms with van der Waals surface area (Å²) in [5, 5.41) is 0. The molecule has 0 aromatic heterocycles. The van der Waals surface area contributed by atoms with Crippen LogP contribution < -0.4 is 0 Å². The molecule has 2 saturated carbocycles. The average molecular weight is 415 g/mol. The van der Waals surface area contributed by atoms with Gasteiger partial charge in [-0.3, -0.25) is 0 Å². The van der Waals surface area contributed by atoms with Crippen molar-refractivity contribution >= 4 is 0 Å². The first kappa shape index (κ1) is 23.8. The van der Waals surface area contributed by atoms with Gasteiger partial charge >= 0.3 is 0 Å². The second kappa shape index (κ2) is 13.5. The Balaban J connectivity index is 1.41. The molecule has 0 amide bonds. The quantitative estimate of drug-likeness (QED) is 0.299. The van der Waals surface area contributed by atoms with Crippen molar-refractivity contribution in [3.63, 3.8) is 0 Å². The summed E-state index contributed by atoms with van der Waals surface area (Å²) in [5.41, 5.74) is 1.35. The van der Waals surface area contributed by atoms with Gasteiger partial charge in [-0.25, -0.2) is 4.39 Å². The predicted molar refractivity (Wildman–Crippen MR) is 128 cm³/mol. The minimum absolute atomic E-state index is 0.102. The van der Waals surface area contributed by atoms with E-state index in [1.165, 1.54) is 115 Å². The first-order valence-corrected chi connectivity index (χ1v) is 13.5. The van der Waals surface area contributed by atoms with Gasteiger partial charge in [-0.2, -0.15) is 0 Å².